The zero-order chi connectivity index (χ0) is 16.4. The number of rotatable bonds is 4. The highest BCUT2D eigenvalue weighted by Gasteiger charge is 2.27. The number of nitrogens with one attached hydrogen (secondary N) is 1. The number of aryl methyl sites for hydroxylation is 1. The molecule has 1 N–H and O–H groups in total. The van der Waals surface area contributed by atoms with Crippen molar-refractivity contribution >= 4 is 23.2 Å². The number of benzene rings is 2. The predicted octanol–water partition coefficient (Wildman–Crippen LogP) is 6.13. The van der Waals surface area contributed by atoms with Crippen LogP contribution < -0.4 is 5.32 Å². The molecule has 1 nitrogen and oxygen atoms in total. The first-order chi connectivity index (χ1) is 11.1. The van der Waals surface area contributed by atoms with Gasteiger partial charge in [-0.05, 0) is 60.7 Å². The van der Waals surface area contributed by atoms with Crippen LogP contribution in [0.25, 0.3) is 0 Å². The van der Waals surface area contributed by atoms with Gasteiger partial charge in [0.1, 0.15) is 0 Å². The number of halogens is 2. The molecule has 0 aromatic heterocycles. The van der Waals surface area contributed by atoms with Crippen LogP contribution in [0.1, 0.15) is 60.4 Å². The van der Waals surface area contributed by atoms with Crippen LogP contribution in [0.4, 0.5) is 0 Å². The molecule has 1 aliphatic carbocycles. The van der Waals surface area contributed by atoms with E-state index >= 15 is 0 Å². The van der Waals surface area contributed by atoms with Gasteiger partial charge >= 0.3 is 0 Å². The maximum Gasteiger partial charge on any atom is 0.0595 e. The first kappa shape index (κ1) is 16.8. The summed E-state index contributed by atoms with van der Waals surface area (Å²) in [6.07, 6.45) is 4.59. The monoisotopic (exact) mass is 347 g/mol. The minimum absolute atomic E-state index is 0.403. The zero-order valence-corrected chi connectivity index (χ0v) is 15.2. The molecule has 0 saturated heterocycles. The van der Waals surface area contributed by atoms with Crippen molar-refractivity contribution in [2.75, 3.05) is 7.05 Å². The third-order valence-electron chi connectivity index (χ3n) is 4.88. The predicted molar refractivity (Wildman–Crippen MR) is 99.8 cm³/mol. The van der Waals surface area contributed by atoms with Crippen molar-refractivity contribution in [1.82, 2.24) is 5.32 Å². The van der Waals surface area contributed by atoms with Crippen molar-refractivity contribution in [2.24, 2.45) is 0 Å². The summed E-state index contributed by atoms with van der Waals surface area (Å²) in [5.41, 5.74) is 5.56. The highest BCUT2D eigenvalue weighted by Crippen LogP contribution is 2.42. The largest absolute Gasteiger partial charge is 0.313 e. The molecule has 0 radical (unpaired) electrons. The van der Waals surface area contributed by atoms with E-state index in [1.165, 1.54) is 28.7 Å². The summed E-state index contributed by atoms with van der Waals surface area (Å²) in [7, 11) is 2.06. The third kappa shape index (κ3) is 3.42. The van der Waals surface area contributed by atoms with Gasteiger partial charge < -0.3 is 5.32 Å². The van der Waals surface area contributed by atoms with Crippen molar-refractivity contribution in [3.05, 3.63) is 68.7 Å². The van der Waals surface area contributed by atoms with Gasteiger partial charge in [0, 0.05) is 12.0 Å². The van der Waals surface area contributed by atoms with Gasteiger partial charge in [-0.1, -0.05) is 60.8 Å². The van der Waals surface area contributed by atoms with Gasteiger partial charge in [-0.25, -0.2) is 0 Å². The van der Waals surface area contributed by atoms with E-state index in [2.05, 4.69) is 43.6 Å². The molecule has 2 aromatic carbocycles. The van der Waals surface area contributed by atoms with Crippen LogP contribution in [0.3, 0.4) is 0 Å². The smallest absolute Gasteiger partial charge is 0.0595 e. The molecule has 3 heteroatoms. The molecule has 1 aliphatic rings. The summed E-state index contributed by atoms with van der Waals surface area (Å²) < 4.78 is 0. The summed E-state index contributed by atoms with van der Waals surface area (Å²) in [5.74, 6) is 0.403. The van der Waals surface area contributed by atoms with Crippen LogP contribution >= 0.6 is 23.2 Å². The lowest BCUT2D eigenvalue weighted by molar-refractivity contribution is 0.470. The summed E-state index contributed by atoms with van der Waals surface area (Å²) in [6, 6.07) is 13.5. The van der Waals surface area contributed by atoms with E-state index in [-0.39, 0.29) is 0 Å². The fourth-order valence-electron chi connectivity index (χ4n) is 3.71. The molecule has 0 bridgehead atoms. The molecule has 0 saturated carbocycles. The number of fused-ring (bicyclic) bond motifs is 1. The standard InChI is InChI=1S/C20H23Cl2N/c1-3-4-13-5-7-16-15(8-10-20(23-2)17(16)11-13)14-6-9-18(21)19(22)12-14/h5-7,9,11-12,15,20,23H,3-4,8,10H2,1-2H3/t15-,20-/m0/s1. The average molecular weight is 348 g/mol. The Labute approximate surface area is 149 Å². The van der Waals surface area contributed by atoms with E-state index in [9.17, 15) is 0 Å². The normalized spacial score (nSPS) is 20.3. The van der Waals surface area contributed by atoms with Crippen molar-refractivity contribution in [2.45, 2.75) is 44.6 Å². The molecule has 2 aromatic rings. The van der Waals surface area contributed by atoms with Gasteiger partial charge in [-0.15, -0.1) is 0 Å². The molecule has 3 rings (SSSR count). The van der Waals surface area contributed by atoms with E-state index in [1.54, 1.807) is 0 Å². The number of hydrogen-bond donors (Lipinski definition) is 1. The first-order valence-corrected chi connectivity index (χ1v) is 9.14. The molecule has 0 spiro atoms. The van der Waals surface area contributed by atoms with Crippen molar-refractivity contribution in [1.29, 1.82) is 0 Å². The van der Waals surface area contributed by atoms with Crippen LogP contribution in [0.5, 0.6) is 0 Å². The maximum absolute atomic E-state index is 6.24. The Balaban J connectivity index is 2.03. The van der Waals surface area contributed by atoms with Gasteiger partial charge in [0.25, 0.3) is 0 Å². The summed E-state index contributed by atoms with van der Waals surface area (Å²) in [5, 5.41) is 4.74. The van der Waals surface area contributed by atoms with Crippen LogP contribution in [0.2, 0.25) is 10.0 Å². The third-order valence-corrected chi connectivity index (χ3v) is 5.62. The van der Waals surface area contributed by atoms with Crippen LogP contribution in [0, 0.1) is 0 Å². The zero-order valence-electron chi connectivity index (χ0n) is 13.7. The van der Waals surface area contributed by atoms with Crippen LogP contribution in [0.15, 0.2) is 36.4 Å². The Kier molecular flexibility index (Phi) is 5.31. The van der Waals surface area contributed by atoms with Gasteiger partial charge in [0.15, 0.2) is 0 Å². The quantitative estimate of drug-likeness (QED) is 0.701. The lowest BCUT2D eigenvalue weighted by Crippen LogP contribution is -2.24. The molecule has 0 fully saturated rings. The van der Waals surface area contributed by atoms with E-state index < -0.39 is 0 Å². The fourth-order valence-corrected chi connectivity index (χ4v) is 4.01. The minimum Gasteiger partial charge on any atom is -0.313 e. The Morgan fingerprint density at radius 3 is 2.52 bits per heavy atom. The minimum atomic E-state index is 0.403. The van der Waals surface area contributed by atoms with Crippen LogP contribution in [-0.2, 0) is 6.42 Å². The molecule has 0 heterocycles. The van der Waals surface area contributed by atoms with Gasteiger partial charge in [0.2, 0.25) is 0 Å². The number of hydrogen-bond acceptors (Lipinski definition) is 1. The molecule has 0 aliphatic heterocycles. The van der Waals surface area contributed by atoms with Gasteiger partial charge in [0.05, 0.1) is 10.0 Å². The first-order valence-electron chi connectivity index (χ1n) is 8.39. The van der Waals surface area contributed by atoms with Crippen molar-refractivity contribution in [3.8, 4) is 0 Å². The van der Waals surface area contributed by atoms with E-state index in [1.807, 2.05) is 12.1 Å². The second-order valence-electron chi connectivity index (χ2n) is 6.36. The average Bonchev–Trinajstić information content (AvgIpc) is 2.56. The summed E-state index contributed by atoms with van der Waals surface area (Å²) in [6.45, 7) is 2.23. The Morgan fingerprint density at radius 1 is 1.00 bits per heavy atom. The van der Waals surface area contributed by atoms with Gasteiger partial charge in [-0.3, -0.25) is 0 Å². The maximum atomic E-state index is 6.24. The molecule has 23 heavy (non-hydrogen) atoms. The summed E-state index contributed by atoms with van der Waals surface area (Å²) in [4.78, 5) is 0. The lowest BCUT2D eigenvalue weighted by atomic mass is 9.76. The van der Waals surface area contributed by atoms with Crippen molar-refractivity contribution < 1.29 is 0 Å². The molecule has 122 valence electrons. The Morgan fingerprint density at radius 2 is 1.83 bits per heavy atom. The molecule has 0 amide bonds. The Bertz CT molecular complexity index is 696. The lowest BCUT2D eigenvalue weighted by Gasteiger charge is -2.32. The topological polar surface area (TPSA) is 12.0 Å². The van der Waals surface area contributed by atoms with E-state index in [0.29, 0.717) is 22.0 Å². The van der Waals surface area contributed by atoms with E-state index in [4.69, 9.17) is 23.2 Å². The molecular formula is C20H23Cl2N. The van der Waals surface area contributed by atoms with Crippen molar-refractivity contribution in [3.63, 3.8) is 0 Å². The second-order valence-corrected chi connectivity index (χ2v) is 7.17. The Hall–Kier alpha value is -1.02. The van der Waals surface area contributed by atoms with Gasteiger partial charge in [-0.2, -0.15) is 0 Å². The highest BCUT2D eigenvalue weighted by molar-refractivity contribution is 6.42. The van der Waals surface area contributed by atoms with E-state index in [0.717, 1.165) is 19.3 Å². The second kappa shape index (κ2) is 7.25. The SMILES string of the molecule is CCCc1ccc2c(c1)[C@@H](NC)CC[C@H]2c1ccc(Cl)c(Cl)c1. The highest BCUT2D eigenvalue weighted by atomic mass is 35.5. The fraction of sp³-hybridized carbons (Fsp3) is 0.400. The molecule has 2 atom stereocenters. The molecular weight excluding hydrogens is 325 g/mol. The summed E-state index contributed by atoms with van der Waals surface area (Å²) >= 11 is 12.3. The van der Waals surface area contributed by atoms with Crippen LogP contribution in [-0.4, -0.2) is 7.05 Å². The molecule has 0 unspecified atom stereocenters.